The van der Waals surface area contributed by atoms with E-state index >= 15 is 0 Å². The molecule has 1 aliphatic carbocycles. The largest absolute Gasteiger partial charge is 0.478 e. The first-order valence-corrected chi connectivity index (χ1v) is 12.1. The fourth-order valence-corrected chi connectivity index (χ4v) is 5.65. The Morgan fingerprint density at radius 2 is 1.94 bits per heavy atom. The molecule has 34 heavy (non-hydrogen) atoms. The highest BCUT2D eigenvalue weighted by Crippen LogP contribution is 2.47. The molecule has 0 spiro atoms. The predicted molar refractivity (Wildman–Crippen MR) is 132 cm³/mol. The number of hydrogen-bond acceptors (Lipinski definition) is 4. The second-order valence-electron chi connectivity index (χ2n) is 9.28. The minimum atomic E-state index is -0.908. The SMILES string of the molecule is CCn1nnc(C2=Cc3ccccc3-c3c(C4CCCCC4)c4ccc(C(=O)O)cc4n3C2)n1. The van der Waals surface area contributed by atoms with Gasteiger partial charge < -0.3 is 9.67 Å². The van der Waals surface area contributed by atoms with Gasteiger partial charge in [-0.2, -0.15) is 4.80 Å². The van der Waals surface area contributed by atoms with Crippen LogP contribution in [0.4, 0.5) is 0 Å². The van der Waals surface area contributed by atoms with E-state index in [0.717, 1.165) is 22.0 Å². The maximum atomic E-state index is 11.9. The molecule has 0 unspecified atom stereocenters. The van der Waals surface area contributed by atoms with Crippen LogP contribution in [0.1, 0.15) is 72.3 Å². The average molecular weight is 454 g/mol. The third-order valence-corrected chi connectivity index (χ3v) is 7.26. The molecule has 4 aromatic rings. The number of hydrogen-bond donors (Lipinski definition) is 1. The van der Waals surface area contributed by atoms with Gasteiger partial charge in [0.05, 0.1) is 24.3 Å². The molecular formula is C27H27N5O2. The van der Waals surface area contributed by atoms with Crippen molar-refractivity contribution in [2.45, 2.75) is 58.0 Å². The Morgan fingerprint density at radius 1 is 1.12 bits per heavy atom. The fraction of sp³-hybridized carbons (Fsp3) is 0.333. The van der Waals surface area contributed by atoms with Gasteiger partial charge in [0.1, 0.15) is 0 Å². The number of nitrogens with zero attached hydrogens (tertiary/aromatic N) is 5. The first-order chi connectivity index (χ1) is 16.6. The van der Waals surface area contributed by atoms with Gasteiger partial charge in [-0.05, 0) is 60.2 Å². The Hall–Kier alpha value is -3.74. The number of fused-ring (bicyclic) bond motifs is 5. The molecule has 0 saturated heterocycles. The van der Waals surface area contributed by atoms with Gasteiger partial charge in [0, 0.05) is 22.0 Å². The molecule has 2 aromatic heterocycles. The molecule has 0 atom stereocenters. The maximum Gasteiger partial charge on any atom is 0.335 e. The predicted octanol–water partition coefficient (Wildman–Crippen LogP) is 5.61. The molecule has 1 N–H and O–H groups in total. The number of carboxylic acid groups (broad SMARTS) is 1. The van der Waals surface area contributed by atoms with E-state index in [-0.39, 0.29) is 0 Å². The van der Waals surface area contributed by atoms with Crippen LogP contribution in [0.2, 0.25) is 0 Å². The highest BCUT2D eigenvalue weighted by atomic mass is 16.4. The van der Waals surface area contributed by atoms with E-state index in [4.69, 9.17) is 0 Å². The lowest BCUT2D eigenvalue weighted by atomic mass is 9.81. The Balaban J connectivity index is 1.65. The topological polar surface area (TPSA) is 85.8 Å². The van der Waals surface area contributed by atoms with Gasteiger partial charge in [0.25, 0.3) is 0 Å². The molecule has 7 heteroatoms. The normalized spacial score (nSPS) is 16.1. The molecule has 2 aliphatic rings. The number of allylic oxidation sites excluding steroid dienone is 1. The molecule has 1 aliphatic heterocycles. The van der Waals surface area contributed by atoms with Crippen LogP contribution in [0.15, 0.2) is 42.5 Å². The van der Waals surface area contributed by atoms with Crippen LogP contribution in [0, 0.1) is 0 Å². The minimum absolute atomic E-state index is 0.307. The van der Waals surface area contributed by atoms with Gasteiger partial charge in [0.2, 0.25) is 5.82 Å². The second-order valence-corrected chi connectivity index (χ2v) is 9.28. The van der Waals surface area contributed by atoms with Gasteiger partial charge >= 0.3 is 5.97 Å². The van der Waals surface area contributed by atoms with Crippen LogP contribution < -0.4 is 0 Å². The van der Waals surface area contributed by atoms with E-state index in [1.807, 2.05) is 19.1 Å². The average Bonchev–Trinajstić information content (AvgIpc) is 3.43. The lowest BCUT2D eigenvalue weighted by Gasteiger charge is -2.24. The first kappa shape index (κ1) is 20.8. The van der Waals surface area contributed by atoms with Crippen molar-refractivity contribution in [1.29, 1.82) is 0 Å². The molecule has 2 aromatic carbocycles. The molecule has 0 amide bonds. The van der Waals surface area contributed by atoms with E-state index < -0.39 is 5.97 Å². The monoisotopic (exact) mass is 453 g/mol. The summed E-state index contributed by atoms with van der Waals surface area (Å²) in [7, 11) is 0. The van der Waals surface area contributed by atoms with Gasteiger partial charge in [-0.25, -0.2) is 4.79 Å². The Morgan fingerprint density at radius 3 is 2.71 bits per heavy atom. The van der Waals surface area contributed by atoms with Crippen molar-refractivity contribution in [3.8, 4) is 11.3 Å². The van der Waals surface area contributed by atoms with Crippen molar-refractivity contribution in [1.82, 2.24) is 24.8 Å². The number of carboxylic acids is 1. The van der Waals surface area contributed by atoms with Crippen molar-refractivity contribution >= 4 is 28.5 Å². The van der Waals surface area contributed by atoms with Gasteiger partial charge in [-0.3, -0.25) is 0 Å². The number of tetrazole rings is 1. The minimum Gasteiger partial charge on any atom is -0.478 e. The standard InChI is InChI=1S/C27H27N5O2/c1-2-32-29-26(28-30-32)20-14-18-10-6-7-11-21(18)25-24(17-8-4-3-5-9-17)22-13-12-19(27(33)34)15-23(22)31(25)16-20/h6-7,10-15,17H,2-5,8-9,16H2,1H3,(H,33,34). The molecule has 1 fully saturated rings. The quantitative estimate of drug-likeness (QED) is 0.434. The summed E-state index contributed by atoms with van der Waals surface area (Å²) in [4.78, 5) is 13.5. The summed E-state index contributed by atoms with van der Waals surface area (Å²) >= 11 is 0. The van der Waals surface area contributed by atoms with Gasteiger partial charge in [-0.1, -0.05) is 49.6 Å². The van der Waals surface area contributed by atoms with Crippen molar-refractivity contribution < 1.29 is 9.90 Å². The second kappa shape index (κ2) is 8.24. The van der Waals surface area contributed by atoms with Crippen LogP contribution in [-0.2, 0) is 13.1 Å². The van der Waals surface area contributed by atoms with Crippen molar-refractivity contribution in [3.63, 3.8) is 0 Å². The van der Waals surface area contributed by atoms with E-state index in [2.05, 4.69) is 50.3 Å². The highest BCUT2D eigenvalue weighted by molar-refractivity contribution is 6.00. The Labute approximate surface area is 197 Å². The summed E-state index contributed by atoms with van der Waals surface area (Å²) in [5.74, 6) is 0.172. The maximum absolute atomic E-state index is 11.9. The van der Waals surface area contributed by atoms with Crippen molar-refractivity contribution in [2.75, 3.05) is 0 Å². The third kappa shape index (κ3) is 3.34. The summed E-state index contributed by atoms with van der Waals surface area (Å²) in [6, 6.07) is 14.1. The summed E-state index contributed by atoms with van der Waals surface area (Å²) < 4.78 is 2.29. The molecule has 0 bridgehead atoms. The lowest BCUT2D eigenvalue weighted by Crippen LogP contribution is -2.07. The number of rotatable bonds is 4. The molecule has 7 nitrogen and oxygen atoms in total. The zero-order chi connectivity index (χ0) is 23.2. The van der Waals surface area contributed by atoms with Crippen LogP contribution in [-0.4, -0.2) is 35.9 Å². The first-order valence-electron chi connectivity index (χ1n) is 12.1. The smallest absolute Gasteiger partial charge is 0.335 e. The summed E-state index contributed by atoms with van der Waals surface area (Å²) in [6.07, 6.45) is 8.26. The number of aromatic nitrogens is 5. The van der Waals surface area contributed by atoms with E-state index in [1.165, 1.54) is 48.9 Å². The summed E-state index contributed by atoms with van der Waals surface area (Å²) in [6.45, 7) is 3.21. The van der Waals surface area contributed by atoms with E-state index in [1.54, 1.807) is 10.9 Å². The van der Waals surface area contributed by atoms with E-state index in [0.29, 0.717) is 30.4 Å². The Bertz CT molecular complexity index is 1440. The molecular weight excluding hydrogens is 426 g/mol. The van der Waals surface area contributed by atoms with Crippen molar-refractivity contribution in [3.05, 3.63) is 65.0 Å². The molecule has 172 valence electrons. The Kier molecular flexibility index (Phi) is 5.05. The fourth-order valence-electron chi connectivity index (χ4n) is 5.65. The zero-order valence-corrected chi connectivity index (χ0v) is 19.2. The summed E-state index contributed by atoms with van der Waals surface area (Å²) in [5.41, 5.74) is 7.10. The molecule has 0 radical (unpaired) electrons. The number of carbonyl (C=O) groups is 1. The third-order valence-electron chi connectivity index (χ3n) is 7.26. The number of aryl methyl sites for hydroxylation is 1. The molecule has 1 saturated carbocycles. The molecule has 6 rings (SSSR count). The van der Waals surface area contributed by atoms with Gasteiger partial charge in [0.15, 0.2) is 0 Å². The van der Waals surface area contributed by atoms with Crippen LogP contribution in [0.3, 0.4) is 0 Å². The van der Waals surface area contributed by atoms with Crippen molar-refractivity contribution in [2.24, 2.45) is 0 Å². The van der Waals surface area contributed by atoms with Crippen LogP contribution >= 0.6 is 0 Å². The van der Waals surface area contributed by atoms with Gasteiger partial charge in [-0.15, -0.1) is 10.2 Å². The molecule has 3 heterocycles. The number of benzene rings is 2. The lowest BCUT2D eigenvalue weighted by molar-refractivity contribution is 0.0697. The number of aromatic carboxylic acids is 1. The highest BCUT2D eigenvalue weighted by Gasteiger charge is 2.30. The summed E-state index contributed by atoms with van der Waals surface area (Å²) in [5, 5.41) is 24.0. The van der Waals surface area contributed by atoms with Crippen LogP contribution in [0.25, 0.3) is 33.8 Å². The zero-order valence-electron chi connectivity index (χ0n) is 19.2. The van der Waals surface area contributed by atoms with Crippen LogP contribution in [0.5, 0.6) is 0 Å². The van der Waals surface area contributed by atoms with E-state index in [9.17, 15) is 9.90 Å².